The van der Waals surface area contributed by atoms with Crippen LogP contribution < -0.4 is 5.32 Å². The van der Waals surface area contributed by atoms with Gasteiger partial charge in [-0.3, -0.25) is 9.69 Å². The van der Waals surface area contributed by atoms with Gasteiger partial charge in [-0.1, -0.05) is 6.07 Å². The standard InChI is InChI=1S/C20H29N5O/c1-23-11-7-18(8-12-23)24-10-4-5-16(14-24)20(26)21-13-17-15-25-9-3-2-6-19(25)22-17/h2-3,6,9,15-16,18H,4-5,7-8,10-14H2,1H3,(H,21,26)/t16-/m0/s1. The number of carbonyl (C=O) groups is 1. The summed E-state index contributed by atoms with van der Waals surface area (Å²) in [7, 11) is 2.20. The van der Waals surface area contributed by atoms with E-state index >= 15 is 0 Å². The molecule has 1 amide bonds. The Labute approximate surface area is 155 Å². The highest BCUT2D eigenvalue weighted by Crippen LogP contribution is 2.23. The Hall–Kier alpha value is -1.92. The average Bonchev–Trinajstić information content (AvgIpc) is 3.10. The van der Waals surface area contributed by atoms with Gasteiger partial charge in [-0.05, 0) is 64.5 Å². The van der Waals surface area contributed by atoms with E-state index in [1.807, 2.05) is 35.0 Å². The Kier molecular flexibility index (Phi) is 5.22. The lowest BCUT2D eigenvalue weighted by Gasteiger charge is -2.41. The lowest BCUT2D eigenvalue weighted by molar-refractivity contribution is -0.127. The molecule has 6 heteroatoms. The molecular weight excluding hydrogens is 326 g/mol. The van der Waals surface area contributed by atoms with Crippen LogP contribution in [0.15, 0.2) is 30.6 Å². The molecule has 2 aromatic heterocycles. The zero-order chi connectivity index (χ0) is 17.9. The van der Waals surface area contributed by atoms with E-state index in [9.17, 15) is 4.79 Å². The van der Waals surface area contributed by atoms with Gasteiger partial charge >= 0.3 is 0 Å². The highest BCUT2D eigenvalue weighted by Gasteiger charge is 2.31. The fourth-order valence-electron chi connectivity index (χ4n) is 4.31. The van der Waals surface area contributed by atoms with Crippen LogP contribution in [0.3, 0.4) is 0 Å². The Morgan fingerprint density at radius 3 is 2.88 bits per heavy atom. The van der Waals surface area contributed by atoms with E-state index in [2.05, 4.69) is 27.1 Å². The number of imidazole rings is 1. The molecule has 1 N–H and O–H groups in total. The first-order valence-electron chi connectivity index (χ1n) is 9.82. The van der Waals surface area contributed by atoms with Crippen LogP contribution >= 0.6 is 0 Å². The second-order valence-electron chi connectivity index (χ2n) is 7.78. The van der Waals surface area contributed by atoms with E-state index in [1.54, 1.807) is 0 Å². The zero-order valence-electron chi connectivity index (χ0n) is 15.6. The number of hydrogen-bond acceptors (Lipinski definition) is 4. The summed E-state index contributed by atoms with van der Waals surface area (Å²) in [5.41, 5.74) is 1.83. The molecule has 0 spiro atoms. The van der Waals surface area contributed by atoms with Crippen molar-refractivity contribution in [3.8, 4) is 0 Å². The summed E-state index contributed by atoms with van der Waals surface area (Å²) in [4.78, 5) is 22.2. The normalized spacial score (nSPS) is 23.3. The van der Waals surface area contributed by atoms with Crippen LogP contribution in [0.2, 0.25) is 0 Å². The number of hydrogen-bond donors (Lipinski definition) is 1. The first-order valence-corrected chi connectivity index (χ1v) is 9.82. The van der Waals surface area contributed by atoms with Gasteiger partial charge in [0, 0.05) is 25.0 Å². The molecule has 2 aromatic rings. The van der Waals surface area contributed by atoms with Crippen LogP contribution in [-0.4, -0.2) is 64.4 Å². The third kappa shape index (κ3) is 3.91. The number of pyridine rings is 1. The predicted octanol–water partition coefficient (Wildman–Crippen LogP) is 1.76. The number of nitrogens with zero attached hydrogens (tertiary/aromatic N) is 4. The number of fused-ring (bicyclic) bond motifs is 1. The second-order valence-corrected chi connectivity index (χ2v) is 7.78. The third-order valence-electron chi connectivity index (χ3n) is 5.89. The van der Waals surface area contributed by atoms with Crippen molar-refractivity contribution in [2.24, 2.45) is 5.92 Å². The molecule has 26 heavy (non-hydrogen) atoms. The molecule has 2 saturated heterocycles. The largest absolute Gasteiger partial charge is 0.350 e. The van der Waals surface area contributed by atoms with Crippen molar-refractivity contribution < 1.29 is 4.79 Å². The highest BCUT2D eigenvalue weighted by molar-refractivity contribution is 5.78. The Bertz CT molecular complexity index is 716. The van der Waals surface area contributed by atoms with Crippen molar-refractivity contribution in [1.29, 1.82) is 0 Å². The minimum absolute atomic E-state index is 0.112. The van der Waals surface area contributed by atoms with Crippen molar-refractivity contribution in [3.05, 3.63) is 36.3 Å². The Morgan fingerprint density at radius 1 is 1.23 bits per heavy atom. The first-order chi connectivity index (χ1) is 12.7. The van der Waals surface area contributed by atoms with Crippen LogP contribution in [0.1, 0.15) is 31.4 Å². The Morgan fingerprint density at radius 2 is 2.08 bits per heavy atom. The molecule has 140 valence electrons. The van der Waals surface area contributed by atoms with E-state index < -0.39 is 0 Å². The summed E-state index contributed by atoms with van der Waals surface area (Å²) in [5.74, 6) is 0.292. The number of rotatable bonds is 4. The summed E-state index contributed by atoms with van der Waals surface area (Å²) >= 11 is 0. The highest BCUT2D eigenvalue weighted by atomic mass is 16.1. The summed E-state index contributed by atoms with van der Waals surface area (Å²) < 4.78 is 1.99. The van der Waals surface area contributed by atoms with Crippen molar-refractivity contribution in [3.63, 3.8) is 0 Å². The van der Waals surface area contributed by atoms with Crippen LogP contribution in [-0.2, 0) is 11.3 Å². The van der Waals surface area contributed by atoms with Gasteiger partial charge in [0.1, 0.15) is 5.65 Å². The minimum Gasteiger partial charge on any atom is -0.350 e. The maximum atomic E-state index is 12.7. The summed E-state index contributed by atoms with van der Waals surface area (Å²) in [6.45, 7) is 4.90. The van der Waals surface area contributed by atoms with Gasteiger partial charge in [0.2, 0.25) is 5.91 Å². The molecule has 0 aromatic carbocycles. The fraction of sp³-hybridized carbons (Fsp3) is 0.600. The molecule has 0 unspecified atom stereocenters. The summed E-state index contributed by atoms with van der Waals surface area (Å²) in [6, 6.07) is 6.59. The minimum atomic E-state index is 0.112. The fourth-order valence-corrected chi connectivity index (χ4v) is 4.31. The van der Waals surface area contributed by atoms with Crippen LogP contribution in [0.25, 0.3) is 5.65 Å². The van der Waals surface area contributed by atoms with Crippen molar-refractivity contribution in [2.45, 2.75) is 38.3 Å². The Balaban J connectivity index is 1.31. The maximum Gasteiger partial charge on any atom is 0.224 e. The SMILES string of the molecule is CN1CCC(N2CCC[C@H](C(=O)NCc3cn4ccccc4n3)C2)CC1. The smallest absolute Gasteiger partial charge is 0.224 e. The molecule has 2 aliphatic rings. The third-order valence-corrected chi connectivity index (χ3v) is 5.89. The van der Waals surface area contributed by atoms with E-state index in [1.165, 1.54) is 25.9 Å². The van der Waals surface area contributed by atoms with Crippen LogP contribution in [0, 0.1) is 5.92 Å². The molecule has 4 heterocycles. The van der Waals surface area contributed by atoms with Crippen LogP contribution in [0.5, 0.6) is 0 Å². The number of aromatic nitrogens is 2. The van der Waals surface area contributed by atoms with Gasteiger partial charge in [0.25, 0.3) is 0 Å². The van der Waals surface area contributed by atoms with E-state index in [-0.39, 0.29) is 11.8 Å². The van der Waals surface area contributed by atoms with Crippen molar-refractivity contribution >= 4 is 11.6 Å². The molecule has 0 radical (unpaired) electrons. The lowest BCUT2D eigenvalue weighted by atomic mass is 9.93. The molecular formula is C20H29N5O. The number of amides is 1. The molecule has 0 bridgehead atoms. The first kappa shape index (κ1) is 17.5. The van der Waals surface area contributed by atoms with E-state index in [0.29, 0.717) is 12.6 Å². The van der Waals surface area contributed by atoms with Gasteiger partial charge in [-0.15, -0.1) is 0 Å². The van der Waals surface area contributed by atoms with Crippen molar-refractivity contribution in [1.82, 2.24) is 24.5 Å². The van der Waals surface area contributed by atoms with Crippen molar-refractivity contribution in [2.75, 3.05) is 33.2 Å². The van der Waals surface area contributed by atoms with Gasteiger partial charge in [-0.25, -0.2) is 4.98 Å². The molecule has 0 aliphatic carbocycles. The van der Waals surface area contributed by atoms with Gasteiger partial charge in [0.15, 0.2) is 0 Å². The number of piperidine rings is 2. The summed E-state index contributed by atoms with van der Waals surface area (Å²) in [5, 5.41) is 3.11. The maximum absolute atomic E-state index is 12.7. The second kappa shape index (κ2) is 7.76. The van der Waals surface area contributed by atoms with E-state index in [4.69, 9.17) is 0 Å². The molecule has 4 rings (SSSR count). The zero-order valence-corrected chi connectivity index (χ0v) is 15.6. The topological polar surface area (TPSA) is 52.9 Å². The van der Waals surface area contributed by atoms with Gasteiger partial charge in [-0.2, -0.15) is 0 Å². The molecule has 2 aliphatic heterocycles. The lowest BCUT2D eigenvalue weighted by Crippen LogP contribution is -2.50. The number of carbonyl (C=O) groups excluding carboxylic acids is 1. The predicted molar refractivity (Wildman–Crippen MR) is 102 cm³/mol. The van der Waals surface area contributed by atoms with E-state index in [0.717, 1.165) is 37.3 Å². The van der Waals surface area contributed by atoms with Gasteiger partial charge in [0.05, 0.1) is 18.2 Å². The van der Waals surface area contributed by atoms with Crippen LogP contribution in [0.4, 0.5) is 0 Å². The average molecular weight is 355 g/mol. The molecule has 2 fully saturated rings. The number of nitrogens with one attached hydrogen (secondary N) is 1. The molecule has 6 nitrogen and oxygen atoms in total. The summed E-state index contributed by atoms with van der Waals surface area (Å²) in [6.07, 6.45) is 8.55. The number of likely N-dealkylation sites (tertiary alicyclic amines) is 2. The monoisotopic (exact) mass is 355 g/mol. The van der Waals surface area contributed by atoms with Gasteiger partial charge < -0.3 is 14.6 Å². The quantitative estimate of drug-likeness (QED) is 0.908. The molecule has 1 atom stereocenters. The molecule has 0 saturated carbocycles.